The van der Waals surface area contributed by atoms with Crippen molar-refractivity contribution in [3.63, 3.8) is 0 Å². The molecular formula is C12H20N4. The van der Waals surface area contributed by atoms with Crippen molar-refractivity contribution in [2.24, 2.45) is 11.7 Å². The van der Waals surface area contributed by atoms with Gasteiger partial charge in [0.05, 0.1) is 0 Å². The predicted octanol–water partition coefficient (Wildman–Crippen LogP) is 1.35. The second-order valence-corrected chi connectivity index (χ2v) is 4.47. The quantitative estimate of drug-likeness (QED) is 0.835. The highest BCUT2D eigenvalue weighted by atomic mass is 15.2. The Kier molecular flexibility index (Phi) is 3.72. The molecule has 1 saturated heterocycles. The van der Waals surface area contributed by atoms with E-state index in [4.69, 9.17) is 5.73 Å². The molecule has 0 unspecified atom stereocenters. The van der Waals surface area contributed by atoms with Crippen LogP contribution in [0.3, 0.4) is 0 Å². The van der Waals surface area contributed by atoms with Gasteiger partial charge in [-0.25, -0.2) is 9.97 Å². The average molecular weight is 220 g/mol. The van der Waals surface area contributed by atoms with Crippen molar-refractivity contribution in [3.05, 3.63) is 18.1 Å². The first-order chi connectivity index (χ1) is 7.79. The first kappa shape index (κ1) is 11.3. The number of anilines is 1. The molecule has 0 aliphatic carbocycles. The molecule has 4 heteroatoms. The maximum Gasteiger partial charge on any atom is 0.132 e. The second kappa shape index (κ2) is 5.25. The van der Waals surface area contributed by atoms with Crippen LogP contribution in [0, 0.1) is 12.8 Å². The molecule has 0 saturated carbocycles. The van der Waals surface area contributed by atoms with Gasteiger partial charge >= 0.3 is 0 Å². The highest BCUT2D eigenvalue weighted by Gasteiger charge is 2.19. The van der Waals surface area contributed by atoms with Crippen molar-refractivity contribution < 1.29 is 0 Å². The number of rotatable bonds is 3. The van der Waals surface area contributed by atoms with Crippen molar-refractivity contribution in [2.75, 3.05) is 24.5 Å². The van der Waals surface area contributed by atoms with E-state index >= 15 is 0 Å². The zero-order valence-electron chi connectivity index (χ0n) is 9.89. The third-order valence-electron chi connectivity index (χ3n) is 3.27. The van der Waals surface area contributed by atoms with E-state index in [1.54, 1.807) is 0 Å². The fourth-order valence-corrected chi connectivity index (χ4v) is 2.31. The van der Waals surface area contributed by atoms with Crippen LogP contribution in [-0.4, -0.2) is 29.6 Å². The van der Waals surface area contributed by atoms with Crippen molar-refractivity contribution in [2.45, 2.75) is 26.2 Å². The normalized spacial score (nSPS) is 17.8. The van der Waals surface area contributed by atoms with E-state index in [0.29, 0.717) is 0 Å². The van der Waals surface area contributed by atoms with Gasteiger partial charge in [-0.3, -0.25) is 0 Å². The molecule has 1 aromatic rings. The molecule has 2 N–H and O–H groups in total. The molecular weight excluding hydrogens is 200 g/mol. The Labute approximate surface area is 96.9 Å². The molecule has 1 aliphatic heterocycles. The van der Waals surface area contributed by atoms with E-state index < -0.39 is 0 Å². The van der Waals surface area contributed by atoms with Crippen LogP contribution in [0.5, 0.6) is 0 Å². The number of aromatic nitrogens is 2. The Morgan fingerprint density at radius 2 is 2.19 bits per heavy atom. The summed E-state index contributed by atoms with van der Waals surface area (Å²) in [4.78, 5) is 10.9. The molecule has 4 nitrogen and oxygen atoms in total. The van der Waals surface area contributed by atoms with E-state index in [9.17, 15) is 0 Å². The van der Waals surface area contributed by atoms with Crippen LogP contribution in [0.25, 0.3) is 0 Å². The van der Waals surface area contributed by atoms with Gasteiger partial charge < -0.3 is 10.6 Å². The van der Waals surface area contributed by atoms with Crippen molar-refractivity contribution in [1.82, 2.24) is 9.97 Å². The summed E-state index contributed by atoms with van der Waals surface area (Å²) in [6, 6.07) is 2.00. The van der Waals surface area contributed by atoms with Crippen LogP contribution in [0.4, 0.5) is 5.82 Å². The van der Waals surface area contributed by atoms with Gasteiger partial charge in [-0.15, -0.1) is 0 Å². The van der Waals surface area contributed by atoms with Gasteiger partial charge in [0.25, 0.3) is 0 Å². The number of nitrogens with zero attached hydrogens (tertiary/aromatic N) is 3. The van der Waals surface area contributed by atoms with E-state index in [1.165, 1.54) is 12.8 Å². The molecule has 0 amide bonds. The highest BCUT2D eigenvalue weighted by Crippen LogP contribution is 2.23. The van der Waals surface area contributed by atoms with E-state index in [0.717, 1.165) is 43.6 Å². The fourth-order valence-electron chi connectivity index (χ4n) is 2.31. The number of piperidine rings is 1. The molecule has 16 heavy (non-hydrogen) atoms. The summed E-state index contributed by atoms with van der Waals surface area (Å²) in [6.07, 6.45) is 5.47. The topological polar surface area (TPSA) is 55.0 Å². The van der Waals surface area contributed by atoms with Crippen molar-refractivity contribution >= 4 is 5.82 Å². The minimum atomic E-state index is 0.809. The number of nitrogens with two attached hydrogens (primary N) is 1. The number of aryl methyl sites for hydroxylation is 1. The summed E-state index contributed by atoms with van der Waals surface area (Å²) in [7, 11) is 0. The smallest absolute Gasteiger partial charge is 0.132 e. The zero-order valence-corrected chi connectivity index (χ0v) is 9.89. The SMILES string of the molecule is Cc1nccc(N2CCC(CCN)CC2)n1. The molecule has 0 spiro atoms. The lowest BCUT2D eigenvalue weighted by molar-refractivity contribution is 0.385. The van der Waals surface area contributed by atoms with E-state index in [2.05, 4.69) is 14.9 Å². The molecule has 1 aromatic heterocycles. The lowest BCUT2D eigenvalue weighted by atomic mass is 9.94. The molecule has 1 fully saturated rings. The molecule has 0 atom stereocenters. The van der Waals surface area contributed by atoms with Crippen LogP contribution < -0.4 is 10.6 Å². The summed E-state index contributed by atoms with van der Waals surface area (Å²) in [6.45, 7) is 4.95. The largest absolute Gasteiger partial charge is 0.356 e. The first-order valence-corrected chi connectivity index (χ1v) is 6.04. The Balaban J connectivity index is 1.94. The Morgan fingerprint density at radius 1 is 1.44 bits per heavy atom. The lowest BCUT2D eigenvalue weighted by Gasteiger charge is -2.32. The van der Waals surface area contributed by atoms with Crippen LogP contribution in [0.1, 0.15) is 25.1 Å². The lowest BCUT2D eigenvalue weighted by Crippen LogP contribution is -2.34. The minimum absolute atomic E-state index is 0.809. The maximum atomic E-state index is 5.59. The summed E-state index contributed by atoms with van der Waals surface area (Å²) in [5.41, 5.74) is 5.59. The summed E-state index contributed by atoms with van der Waals surface area (Å²) in [5.74, 6) is 2.73. The molecule has 1 aliphatic rings. The van der Waals surface area contributed by atoms with Crippen LogP contribution in [-0.2, 0) is 0 Å². The van der Waals surface area contributed by atoms with Gasteiger partial charge in [0.1, 0.15) is 11.6 Å². The Bertz CT molecular complexity index is 332. The average Bonchev–Trinajstić information content (AvgIpc) is 2.30. The summed E-state index contributed by atoms with van der Waals surface area (Å²) >= 11 is 0. The Morgan fingerprint density at radius 3 is 2.81 bits per heavy atom. The molecule has 2 rings (SSSR count). The monoisotopic (exact) mass is 220 g/mol. The van der Waals surface area contributed by atoms with Crippen molar-refractivity contribution in [1.29, 1.82) is 0 Å². The predicted molar refractivity (Wildman–Crippen MR) is 65.4 cm³/mol. The standard InChI is InChI=1S/C12H20N4/c1-10-14-7-3-12(15-10)16-8-4-11(2-6-13)5-9-16/h3,7,11H,2,4-6,8-9,13H2,1H3. The number of hydrogen-bond donors (Lipinski definition) is 1. The molecule has 88 valence electrons. The molecule has 0 aromatic carbocycles. The van der Waals surface area contributed by atoms with Crippen LogP contribution in [0.15, 0.2) is 12.3 Å². The van der Waals surface area contributed by atoms with E-state index in [1.807, 2.05) is 19.2 Å². The second-order valence-electron chi connectivity index (χ2n) is 4.47. The third-order valence-corrected chi connectivity index (χ3v) is 3.27. The number of hydrogen-bond acceptors (Lipinski definition) is 4. The van der Waals surface area contributed by atoms with Gasteiger partial charge in [0.15, 0.2) is 0 Å². The summed E-state index contributed by atoms with van der Waals surface area (Å²) < 4.78 is 0. The van der Waals surface area contributed by atoms with Crippen molar-refractivity contribution in [3.8, 4) is 0 Å². The van der Waals surface area contributed by atoms with Gasteiger partial charge in [-0.2, -0.15) is 0 Å². The summed E-state index contributed by atoms with van der Waals surface area (Å²) in [5, 5.41) is 0. The van der Waals surface area contributed by atoms with Crippen LogP contribution in [0.2, 0.25) is 0 Å². The van der Waals surface area contributed by atoms with E-state index in [-0.39, 0.29) is 0 Å². The van der Waals surface area contributed by atoms with Gasteiger partial charge in [0, 0.05) is 19.3 Å². The fraction of sp³-hybridized carbons (Fsp3) is 0.667. The van der Waals surface area contributed by atoms with Crippen LogP contribution >= 0.6 is 0 Å². The first-order valence-electron chi connectivity index (χ1n) is 6.04. The zero-order chi connectivity index (χ0) is 11.4. The van der Waals surface area contributed by atoms with Gasteiger partial charge in [-0.05, 0) is 44.7 Å². The Hall–Kier alpha value is -1.16. The minimum Gasteiger partial charge on any atom is -0.356 e. The third kappa shape index (κ3) is 2.70. The van der Waals surface area contributed by atoms with Gasteiger partial charge in [0.2, 0.25) is 0 Å². The molecule has 2 heterocycles. The highest BCUT2D eigenvalue weighted by molar-refractivity contribution is 5.37. The molecule has 0 radical (unpaired) electrons. The maximum absolute atomic E-state index is 5.59. The van der Waals surface area contributed by atoms with Gasteiger partial charge in [-0.1, -0.05) is 0 Å². The molecule has 0 bridgehead atoms.